The predicted molar refractivity (Wildman–Crippen MR) is 54.5 cm³/mol. The molecule has 0 unspecified atom stereocenters. The fraction of sp³-hybridized carbons (Fsp3) is 0.556. The van der Waals surface area contributed by atoms with Crippen molar-refractivity contribution in [3.05, 3.63) is 0 Å². The second kappa shape index (κ2) is 5.10. The van der Waals surface area contributed by atoms with Gasteiger partial charge in [-0.2, -0.15) is 0 Å². The number of nitrogens with two attached hydrogens (primary N) is 1. The summed E-state index contributed by atoms with van der Waals surface area (Å²) in [7, 11) is 0. The van der Waals surface area contributed by atoms with Crippen molar-refractivity contribution in [1.29, 1.82) is 0 Å². The van der Waals surface area contributed by atoms with Crippen molar-refractivity contribution < 1.29 is 14.3 Å². The molecule has 0 aliphatic heterocycles. The molecule has 0 rings (SSSR count). The average molecular weight is 213 g/mol. The fourth-order valence-electron chi connectivity index (χ4n) is 0.691. The first-order chi connectivity index (χ1) is 6.76. The molecule has 0 spiro atoms. The monoisotopic (exact) mass is 213 g/mol. The summed E-state index contributed by atoms with van der Waals surface area (Å²) in [5.74, 6) is 2.19. The molecule has 84 valence electrons. The van der Waals surface area contributed by atoms with Crippen LogP contribution in [0.5, 0.6) is 0 Å². The number of nitrogens with zero attached hydrogens (tertiary/aromatic N) is 1. The number of amides is 3. The first-order valence-corrected chi connectivity index (χ1v) is 4.26. The van der Waals surface area contributed by atoms with E-state index >= 15 is 0 Å². The maximum Gasteiger partial charge on any atom is 0.430 e. The summed E-state index contributed by atoms with van der Waals surface area (Å²) in [6, 6.07) is -0.879. The van der Waals surface area contributed by atoms with E-state index in [2.05, 4.69) is 11.3 Å². The summed E-state index contributed by atoms with van der Waals surface area (Å²) >= 11 is 0. The lowest BCUT2D eigenvalue weighted by molar-refractivity contribution is 0.0203. The number of ether oxygens (including phenoxy) is 1. The Labute approximate surface area is 88.7 Å². The second-order valence-corrected chi connectivity index (χ2v) is 3.75. The zero-order valence-corrected chi connectivity index (χ0v) is 9.03. The predicted octanol–water partition coefficient (Wildman–Crippen LogP) is 0.440. The smallest absolute Gasteiger partial charge is 0.430 e. The van der Waals surface area contributed by atoms with E-state index in [9.17, 15) is 9.59 Å². The molecule has 0 bridgehead atoms. The number of terminal acetylenes is 1. The molecule has 0 fully saturated rings. The van der Waals surface area contributed by atoms with Gasteiger partial charge in [-0.05, 0) is 20.8 Å². The fourth-order valence-corrected chi connectivity index (χ4v) is 0.691. The van der Waals surface area contributed by atoms with Crippen LogP contribution in [-0.2, 0) is 4.74 Å². The number of hydrogen-bond acceptors (Lipinski definition) is 3. The van der Waals surface area contributed by atoms with Crippen LogP contribution in [0.15, 0.2) is 0 Å². The number of urea groups is 1. The van der Waals surface area contributed by atoms with Crippen molar-refractivity contribution in [2.75, 3.05) is 6.54 Å². The first kappa shape index (κ1) is 13.1. The van der Waals surface area contributed by atoms with Gasteiger partial charge in [0.1, 0.15) is 12.1 Å². The van der Waals surface area contributed by atoms with Gasteiger partial charge in [-0.15, -0.1) is 6.42 Å². The summed E-state index contributed by atoms with van der Waals surface area (Å²) in [5.41, 5.74) is 6.25. The lowest BCUT2D eigenvalue weighted by Gasteiger charge is -2.25. The zero-order valence-electron chi connectivity index (χ0n) is 9.03. The van der Waals surface area contributed by atoms with Crippen LogP contribution in [-0.4, -0.2) is 29.3 Å². The zero-order chi connectivity index (χ0) is 12.1. The topological polar surface area (TPSA) is 84.7 Å². The van der Waals surface area contributed by atoms with E-state index in [4.69, 9.17) is 16.9 Å². The van der Waals surface area contributed by atoms with Gasteiger partial charge in [-0.25, -0.2) is 20.0 Å². The van der Waals surface area contributed by atoms with Crippen LogP contribution in [0.25, 0.3) is 0 Å². The standard InChI is InChI=1S/C9H15N3O3/c1-5-6-12(11-7(10)13)8(14)15-9(2,3)4/h1H,6H2,2-4H3,(H3,10,11,13). The molecule has 0 aromatic heterocycles. The molecule has 0 aromatic carbocycles. The molecule has 0 aliphatic rings. The number of nitrogens with one attached hydrogen (secondary N) is 1. The Morgan fingerprint density at radius 3 is 2.40 bits per heavy atom. The van der Waals surface area contributed by atoms with E-state index in [1.807, 2.05) is 0 Å². The van der Waals surface area contributed by atoms with Gasteiger partial charge < -0.3 is 10.5 Å². The van der Waals surface area contributed by atoms with Gasteiger partial charge >= 0.3 is 12.1 Å². The molecule has 3 N–H and O–H groups in total. The third kappa shape index (κ3) is 6.21. The van der Waals surface area contributed by atoms with E-state index in [-0.39, 0.29) is 6.54 Å². The van der Waals surface area contributed by atoms with E-state index in [1.165, 1.54) is 0 Å². The van der Waals surface area contributed by atoms with Crippen molar-refractivity contribution in [3.63, 3.8) is 0 Å². The number of carbonyl (C=O) groups is 2. The Hall–Kier alpha value is -1.90. The molecule has 0 saturated carbocycles. The Balaban J connectivity index is 4.43. The molecule has 3 amide bonds. The Morgan fingerprint density at radius 1 is 1.53 bits per heavy atom. The van der Waals surface area contributed by atoms with Gasteiger partial charge in [-0.1, -0.05) is 5.92 Å². The van der Waals surface area contributed by atoms with Gasteiger partial charge in [0.05, 0.1) is 0 Å². The van der Waals surface area contributed by atoms with E-state index in [0.717, 1.165) is 5.01 Å². The summed E-state index contributed by atoms with van der Waals surface area (Å²) in [6.45, 7) is 4.98. The number of hydrazine groups is 1. The van der Waals surface area contributed by atoms with Crippen molar-refractivity contribution >= 4 is 12.1 Å². The van der Waals surface area contributed by atoms with E-state index < -0.39 is 17.7 Å². The van der Waals surface area contributed by atoms with Crippen LogP contribution in [0.4, 0.5) is 9.59 Å². The van der Waals surface area contributed by atoms with Gasteiger partial charge in [-0.3, -0.25) is 0 Å². The Kier molecular flexibility index (Phi) is 4.45. The van der Waals surface area contributed by atoms with Crippen molar-refractivity contribution in [3.8, 4) is 12.3 Å². The molecule has 6 heteroatoms. The summed E-state index contributed by atoms with van der Waals surface area (Å²) in [6.07, 6.45) is 4.26. The Morgan fingerprint density at radius 2 is 2.07 bits per heavy atom. The van der Waals surface area contributed by atoms with Gasteiger partial charge in [0.15, 0.2) is 0 Å². The minimum Gasteiger partial charge on any atom is -0.442 e. The molecule has 0 atom stereocenters. The molecule has 15 heavy (non-hydrogen) atoms. The third-order valence-corrected chi connectivity index (χ3v) is 1.11. The van der Waals surface area contributed by atoms with Crippen LogP contribution < -0.4 is 11.2 Å². The Bertz CT molecular complexity index is 288. The van der Waals surface area contributed by atoms with Crippen molar-refractivity contribution in [1.82, 2.24) is 10.4 Å². The van der Waals surface area contributed by atoms with Crippen molar-refractivity contribution in [2.24, 2.45) is 5.73 Å². The minimum absolute atomic E-state index is 0.113. The third-order valence-electron chi connectivity index (χ3n) is 1.11. The summed E-state index contributed by atoms with van der Waals surface area (Å²) in [5, 5.41) is 0.827. The second-order valence-electron chi connectivity index (χ2n) is 3.75. The van der Waals surface area contributed by atoms with Gasteiger partial charge in [0, 0.05) is 0 Å². The molecule has 0 saturated heterocycles. The highest BCUT2D eigenvalue weighted by atomic mass is 16.6. The molecular formula is C9H15N3O3. The normalized spacial score (nSPS) is 10.0. The first-order valence-electron chi connectivity index (χ1n) is 4.26. The highest BCUT2D eigenvalue weighted by molar-refractivity contribution is 5.76. The number of carbonyl (C=O) groups excluding carboxylic acids is 2. The van der Waals surface area contributed by atoms with Crippen LogP contribution in [0, 0.1) is 12.3 Å². The highest BCUT2D eigenvalue weighted by Gasteiger charge is 2.22. The molecule has 0 aromatic rings. The van der Waals surface area contributed by atoms with Gasteiger partial charge in [0.2, 0.25) is 0 Å². The van der Waals surface area contributed by atoms with Gasteiger partial charge in [0.25, 0.3) is 0 Å². The maximum atomic E-state index is 11.4. The lowest BCUT2D eigenvalue weighted by Crippen LogP contribution is -2.50. The number of primary amides is 1. The molecule has 0 heterocycles. The SMILES string of the molecule is C#CCN(NC(N)=O)C(=O)OC(C)(C)C. The van der Waals surface area contributed by atoms with Crippen LogP contribution in [0.3, 0.4) is 0 Å². The molecular weight excluding hydrogens is 198 g/mol. The largest absolute Gasteiger partial charge is 0.442 e. The average Bonchev–Trinajstić information content (AvgIpc) is 1.99. The number of rotatable bonds is 1. The minimum atomic E-state index is -0.879. The van der Waals surface area contributed by atoms with E-state index in [0.29, 0.717) is 0 Å². The molecule has 0 aliphatic carbocycles. The van der Waals surface area contributed by atoms with Crippen LogP contribution in [0.2, 0.25) is 0 Å². The van der Waals surface area contributed by atoms with Crippen molar-refractivity contribution in [2.45, 2.75) is 26.4 Å². The van der Waals surface area contributed by atoms with Crippen LogP contribution >= 0.6 is 0 Å². The van der Waals surface area contributed by atoms with E-state index in [1.54, 1.807) is 20.8 Å². The lowest BCUT2D eigenvalue weighted by atomic mass is 10.2. The molecule has 6 nitrogen and oxygen atoms in total. The highest BCUT2D eigenvalue weighted by Crippen LogP contribution is 2.08. The molecule has 0 radical (unpaired) electrons. The number of hydrogen-bond donors (Lipinski definition) is 2. The summed E-state index contributed by atoms with van der Waals surface area (Å²) < 4.78 is 4.97. The summed E-state index contributed by atoms with van der Waals surface area (Å²) in [4.78, 5) is 22.0. The quantitative estimate of drug-likeness (QED) is 0.489. The van der Waals surface area contributed by atoms with Crippen LogP contribution in [0.1, 0.15) is 20.8 Å². The maximum absolute atomic E-state index is 11.4.